The number of alkyl halides is 1. The normalized spacial score (nSPS) is 24.5. The molecule has 10 nitrogen and oxygen atoms in total. The Morgan fingerprint density at radius 2 is 1.96 bits per heavy atom. The van der Waals surface area contributed by atoms with Crippen LogP contribution in [0.3, 0.4) is 0 Å². The van der Waals surface area contributed by atoms with Gasteiger partial charge in [0.25, 0.3) is 5.56 Å². The third-order valence-corrected chi connectivity index (χ3v) is 4.72. The molecule has 3 atom stereocenters. The zero-order valence-electron chi connectivity index (χ0n) is 16.1. The highest BCUT2D eigenvalue weighted by Crippen LogP contribution is 2.39. The van der Waals surface area contributed by atoms with E-state index in [4.69, 9.17) is 25.8 Å². The first-order valence-electron chi connectivity index (χ1n) is 8.88. The molecular formula is C17H24ClN3O7. The Labute approximate surface area is 166 Å². The molecule has 1 N–H and O–H groups in total. The van der Waals surface area contributed by atoms with Crippen molar-refractivity contribution < 1.29 is 23.8 Å². The number of rotatable bonds is 7. The molecule has 2 heterocycles. The van der Waals surface area contributed by atoms with Gasteiger partial charge in [-0.1, -0.05) is 27.7 Å². The highest BCUT2D eigenvalue weighted by atomic mass is 35.5. The predicted molar refractivity (Wildman–Crippen MR) is 97.8 cm³/mol. The van der Waals surface area contributed by atoms with Crippen molar-refractivity contribution in [1.29, 1.82) is 0 Å². The van der Waals surface area contributed by atoms with Crippen LogP contribution in [-0.2, 0) is 23.8 Å². The molecular weight excluding hydrogens is 394 g/mol. The molecule has 0 spiro atoms. The van der Waals surface area contributed by atoms with Crippen LogP contribution in [0.25, 0.3) is 0 Å². The van der Waals surface area contributed by atoms with Gasteiger partial charge in [-0.05, 0) is 0 Å². The number of hydrogen-bond donors (Lipinski definition) is 1. The molecule has 1 aromatic rings. The maximum atomic E-state index is 12.1. The first-order chi connectivity index (χ1) is 13.1. The Kier molecular flexibility index (Phi) is 7.00. The molecule has 0 aliphatic carbocycles. The molecule has 0 radical (unpaired) electrons. The summed E-state index contributed by atoms with van der Waals surface area (Å²) in [5.41, 5.74) is -2.80. The second-order valence-electron chi connectivity index (χ2n) is 7.23. The largest absolute Gasteiger partial charge is 0.462 e. The van der Waals surface area contributed by atoms with E-state index < -0.39 is 47.0 Å². The highest BCUT2D eigenvalue weighted by molar-refractivity contribution is 6.18. The molecule has 0 bridgehead atoms. The van der Waals surface area contributed by atoms with Gasteiger partial charge >= 0.3 is 17.6 Å². The van der Waals surface area contributed by atoms with Gasteiger partial charge in [-0.15, -0.1) is 11.6 Å². The smallest absolute Gasteiger partial charge is 0.347 e. The molecule has 1 aliphatic heterocycles. The number of ether oxygens (including phenoxy) is 3. The van der Waals surface area contributed by atoms with Gasteiger partial charge < -0.3 is 14.2 Å². The topological polar surface area (TPSA) is 130 Å². The summed E-state index contributed by atoms with van der Waals surface area (Å²) in [4.78, 5) is 49.4. The van der Waals surface area contributed by atoms with E-state index in [2.05, 4.69) is 10.1 Å². The number of carbonyl (C=O) groups is 2. The van der Waals surface area contributed by atoms with Crippen molar-refractivity contribution in [3.8, 4) is 0 Å². The Morgan fingerprint density at radius 1 is 1.32 bits per heavy atom. The minimum Gasteiger partial charge on any atom is -0.462 e. The maximum absolute atomic E-state index is 12.1. The van der Waals surface area contributed by atoms with Crippen molar-refractivity contribution in [2.45, 2.75) is 52.0 Å². The number of nitrogens with one attached hydrogen (secondary N) is 1. The lowest BCUT2D eigenvalue weighted by Gasteiger charge is -2.32. The van der Waals surface area contributed by atoms with Crippen molar-refractivity contribution in [2.75, 3.05) is 12.5 Å². The molecule has 156 valence electrons. The number of esters is 2. The second-order valence-corrected chi connectivity index (χ2v) is 7.50. The van der Waals surface area contributed by atoms with E-state index in [1.54, 1.807) is 27.7 Å². The molecule has 11 heteroatoms. The van der Waals surface area contributed by atoms with Crippen molar-refractivity contribution >= 4 is 23.5 Å². The van der Waals surface area contributed by atoms with Crippen molar-refractivity contribution in [3.63, 3.8) is 0 Å². The zero-order chi connectivity index (χ0) is 21.1. The SMILES string of the molecule is CC(C)C(=O)OC[C@@]1(CCl)OC(n2ncc(=O)[nH]c2=O)C[C@@H]1OC(=O)C(C)C. The van der Waals surface area contributed by atoms with Crippen LogP contribution >= 0.6 is 11.6 Å². The summed E-state index contributed by atoms with van der Waals surface area (Å²) in [6.07, 6.45) is -0.876. The summed E-state index contributed by atoms with van der Waals surface area (Å²) < 4.78 is 17.7. The minimum atomic E-state index is -1.36. The molecule has 0 saturated carbocycles. The van der Waals surface area contributed by atoms with E-state index in [1.165, 1.54) is 0 Å². The number of H-pyrrole nitrogens is 1. The van der Waals surface area contributed by atoms with Crippen LogP contribution in [0.4, 0.5) is 0 Å². The third-order valence-electron chi connectivity index (χ3n) is 4.27. The average Bonchev–Trinajstić information content (AvgIpc) is 2.97. The second kappa shape index (κ2) is 8.87. The van der Waals surface area contributed by atoms with Crippen molar-refractivity contribution in [1.82, 2.24) is 14.8 Å². The highest BCUT2D eigenvalue weighted by Gasteiger charge is 2.53. The molecule has 1 aromatic heterocycles. The Hall–Kier alpha value is -2.20. The fourth-order valence-corrected chi connectivity index (χ4v) is 2.90. The van der Waals surface area contributed by atoms with Crippen LogP contribution in [0.2, 0.25) is 0 Å². The van der Waals surface area contributed by atoms with E-state index in [0.29, 0.717) is 0 Å². The number of nitrogens with zero attached hydrogens (tertiary/aromatic N) is 2. The van der Waals surface area contributed by atoms with Gasteiger partial charge in [0, 0.05) is 6.42 Å². The van der Waals surface area contributed by atoms with Crippen LogP contribution in [0.5, 0.6) is 0 Å². The summed E-state index contributed by atoms with van der Waals surface area (Å²) in [5.74, 6) is -1.89. The molecule has 28 heavy (non-hydrogen) atoms. The van der Waals surface area contributed by atoms with Crippen LogP contribution in [0.1, 0.15) is 40.3 Å². The fourth-order valence-electron chi connectivity index (χ4n) is 2.58. The quantitative estimate of drug-likeness (QED) is 0.504. The van der Waals surface area contributed by atoms with E-state index in [-0.39, 0.29) is 24.8 Å². The minimum absolute atomic E-state index is 0.0450. The van der Waals surface area contributed by atoms with Gasteiger partial charge in [0.2, 0.25) is 0 Å². The van der Waals surface area contributed by atoms with E-state index >= 15 is 0 Å². The molecule has 0 aromatic carbocycles. The molecule has 1 fully saturated rings. The number of halogens is 1. The van der Waals surface area contributed by atoms with Crippen LogP contribution in [-0.4, -0.2) is 50.9 Å². The van der Waals surface area contributed by atoms with E-state index in [0.717, 1.165) is 10.9 Å². The number of carbonyl (C=O) groups excluding carboxylic acids is 2. The van der Waals surface area contributed by atoms with Gasteiger partial charge in [0.05, 0.1) is 17.7 Å². The Bertz CT molecular complexity index is 835. The molecule has 1 unspecified atom stereocenters. The molecule has 1 aliphatic rings. The molecule has 1 saturated heterocycles. The van der Waals surface area contributed by atoms with Gasteiger partial charge in [-0.25, -0.2) is 4.79 Å². The van der Waals surface area contributed by atoms with Crippen LogP contribution < -0.4 is 11.2 Å². The van der Waals surface area contributed by atoms with E-state index in [9.17, 15) is 19.2 Å². The monoisotopic (exact) mass is 417 g/mol. The fraction of sp³-hybridized carbons (Fsp3) is 0.706. The first kappa shape index (κ1) is 22.1. The lowest BCUT2D eigenvalue weighted by Crippen LogP contribution is -2.49. The van der Waals surface area contributed by atoms with E-state index in [1.807, 2.05) is 0 Å². The van der Waals surface area contributed by atoms with Gasteiger partial charge in [-0.2, -0.15) is 9.78 Å². The van der Waals surface area contributed by atoms with Gasteiger partial charge in [0.15, 0.2) is 11.8 Å². The number of hydrogen-bond acceptors (Lipinski definition) is 8. The number of aromatic amines is 1. The standard InChI is InChI=1S/C17H24ClN3O7/c1-9(2)14(23)26-8-17(7-18)11(27-15(24)10(3)4)5-13(28-17)21-16(25)20-12(22)6-19-21/h6,9-11,13H,5,7-8H2,1-4H3,(H,20,22,25)/t11-,13?,17+/m0/s1. The average molecular weight is 418 g/mol. The lowest BCUT2D eigenvalue weighted by molar-refractivity contribution is -0.177. The van der Waals surface area contributed by atoms with Crippen LogP contribution in [0, 0.1) is 11.8 Å². The summed E-state index contributed by atoms with van der Waals surface area (Å²) in [5, 5.41) is 3.78. The Morgan fingerprint density at radius 3 is 2.50 bits per heavy atom. The lowest BCUT2D eigenvalue weighted by atomic mass is 9.99. The summed E-state index contributed by atoms with van der Waals surface area (Å²) in [6, 6.07) is 0. The van der Waals surface area contributed by atoms with Crippen molar-refractivity contribution in [3.05, 3.63) is 27.0 Å². The van der Waals surface area contributed by atoms with Crippen LogP contribution in [0.15, 0.2) is 15.8 Å². The first-order valence-corrected chi connectivity index (χ1v) is 9.42. The summed E-state index contributed by atoms with van der Waals surface area (Å²) in [6.45, 7) is 6.43. The predicted octanol–water partition coefficient (Wildman–Crippen LogP) is 0.595. The maximum Gasteiger partial charge on any atom is 0.347 e. The summed E-state index contributed by atoms with van der Waals surface area (Å²) >= 11 is 6.13. The Balaban J connectivity index is 2.33. The van der Waals surface area contributed by atoms with Gasteiger partial charge in [0.1, 0.15) is 18.9 Å². The summed E-state index contributed by atoms with van der Waals surface area (Å²) in [7, 11) is 0. The third kappa shape index (κ3) is 4.79. The van der Waals surface area contributed by atoms with Crippen molar-refractivity contribution in [2.24, 2.45) is 11.8 Å². The zero-order valence-corrected chi connectivity index (χ0v) is 16.9. The molecule has 2 rings (SSSR count). The van der Waals surface area contributed by atoms with Gasteiger partial charge in [-0.3, -0.25) is 19.4 Å². The molecule has 0 amide bonds. The number of aromatic nitrogens is 3.